The molecule has 1 heterocycles. The Morgan fingerprint density at radius 2 is 0.652 bits per heavy atom. The van der Waals surface area contributed by atoms with Crippen LogP contribution in [0.2, 0.25) is 0 Å². The molecule has 368 valence electrons. The normalized spacial score (nSPS) is 12.4. The van der Waals surface area contributed by atoms with Crippen LogP contribution >= 0.6 is 0 Å². The Morgan fingerprint density at radius 3 is 0.928 bits per heavy atom. The molecule has 1 saturated heterocycles. The number of nitrogens with one attached hydrogen (secondary N) is 2. The summed E-state index contributed by atoms with van der Waals surface area (Å²) in [4.78, 5) is 13.4. The first kappa shape index (κ1) is 53.4. The van der Waals surface area contributed by atoms with Gasteiger partial charge in [0.15, 0.2) is 52.8 Å². The number of anilines is 4. The highest BCUT2D eigenvalue weighted by Crippen LogP contribution is 2.45. The van der Waals surface area contributed by atoms with Gasteiger partial charge in [-0.25, -0.2) is 43.9 Å². The van der Waals surface area contributed by atoms with Crippen LogP contribution in [0.3, 0.4) is 0 Å². The summed E-state index contributed by atoms with van der Waals surface area (Å²) < 4.78 is 135. The van der Waals surface area contributed by atoms with Crippen LogP contribution in [0, 0.1) is 141 Å². The van der Waals surface area contributed by atoms with Crippen molar-refractivity contribution >= 4 is 29.0 Å². The number of halogens is 10. The van der Waals surface area contributed by atoms with Crippen LogP contribution in [0.1, 0.15) is 88.8 Å². The molecule has 1 aliphatic rings. The zero-order valence-electron chi connectivity index (χ0n) is 40.7. The summed E-state index contributed by atoms with van der Waals surface area (Å²) >= 11 is 0. The average Bonchev–Trinajstić information content (AvgIpc) is 3.66. The molecule has 0 spiro atoms. The van der Waals surface area contributed by atoms with Crippen LogP contribution in [0.25, 0.3) is 0 Å². The van der Waals surface area contributed by atoms with E-state index in [-0.39, 0.29) is 0 Å². The Hall–Kier alpha value is -6.51. The van der Waals surface area contributed by atoms with Crippen LogP contribution in [-0.2, 0) is 0 Å². The van der Waals surface area contributed by atoms with Crippen LogP contribution in [0.4, 0.5) is 66.7 Å². The molecule has 69 heavy (non-hydrogen) atoms. The molecule has 0 saturated carbocycles. The molecule has 1 fully saturated rings. The Labute approximate surface area is 397 Å². The maximum Gasteiger partial charge on any atom is 0.200 e. The number of aldehydes is 1. The van der Waals surface area contributed by atoms with Gasteiger partial charge in [-0.1, -0.05) is 70.8 Å². The second kappa shape index (κ2) is 21.8. The molecule has 0 unspecified atom stereocenters. The summed E-state index contributed by atoms with van der Waals surface area (Å²) in [5, 5.41) is 7.13. The molecular weight excluding hydrogens is 911 g/mol. The number of aryl methyl sites for hydroxylation is 12. The maximum absolute atomic E-state index is 15.2. The molecule has 1 aliphatic heterocycles. The molecule has 0 bridgehead atoms. The smallest absolute Gasteiger partial charge is 0.200 e. The van der Waals surface area contributed by atoms with E-state index in [1.807, 2.05) is 65.8 Å². The fourth-order valence-electron chi connectivity index (χ4n) is 9.53. The van der Waals surface area contributed by atoms with E-state index in [2.05, 4.69) is 76.4 Å². The van der Waals surface area contributed by atoms with Crippen molar-refractivity contribution in [3.63, 3.8) is 0 Å². The highest BCUT2D eigenvalue weighted by molar-refractivity contribution is 5.76. The Morgan fingerprint density at radius 1 is 0.406 bits per heavy atom. The van der Waals surface area contributed by atoms with Gasteiger partial charge in [0.2, 0.25) is 11.6 Å². The van der Waals surface area contributed by atoms with Crippen LogP contribution < -0.4 is 20.4 Å². The Kier molecular flexibility index (Phi) is 16.9. The molecule has 0 aliphatic carbocycles. The Bertz CT molecular complexity index is 2660. The number of carbonyl (C=O) groups is 1. The lowest BCUT2D eigenvalue weighted by atomic mass is 10.0. The first-order valence-electron chi connectivity index (χ1n) is 22.1. The van der Waals surface area contributed by atoms with Gasteiger partial charge in [-0.3, -0.25) is 4.79 Å². The summed E-state index contributed by atoms with van der Waals surface area (Å²) in [7, 11) is 0. The SMILES string of the molecule is Cc1cc(C)c(N2CCN(c3c(C)cc(C)cc3C)C2c2c(F)c(F)c(F)c(F)c2F)c(C)c1.Cc1cc(C)c(NCCNc2c(C)cc(C)cc2C)c(C)c1.O=Cc1c(F)c(F)c(F)c(F)c1F. The van der Waals surface area contributed by atoms with Crippen molar-refractivity contribution < 1.29 is 48.7 Å². The lowest BCUT2D eigenvalue weighted by Crippen LogP contribution is -2.35. The highest BCUT2D eigenvalue weighted by atomic mass is 19.2. The van der Waals surface area contributed by atoms with Gasteiger partial charge in [0.1, 0.15) is 6.17 Å². The predicted octanol–water partition coefficient (Wildman–Crippen LogP) is 14.5. The molecular formula is C54H56F10N4O. The Balaban J connectivity index is 0.000000216. The minimum absolute atomic E-state index is 0.349. The molecule has 5 nitrogen and oxygen atoms in total. The summed E-state index contributed by atoms with van der Waals surface area (Å²) in [5.74, 6) is -20.4. The number of rotatable bonds is 9. The maximum atomic E-state index is 15.2. The van der Waals surface area contributed by atoms with E-state index < -0.39 is 81.8 Å². The number of hydrogen-bond acceptors (Lipinski definition) is 5. The van der Waals surface area contributed by atoms with Crippen molar-refractivity contribution in [1.29, 1.82) is 0 Å². The number of hydrogen-bond donors (Lipinski definition) is 2. The quantitative estimate of drug-likeness (QED) is 0.0497. The van der Waals surface area contributed by atoms with E-state index in [9.17, 15) is 39.9 Å². The third-order valence-corrected chi connectivity index (χ3v) is 12.0. The van der Waals surface area contributed by atoms with Gasteiger partial charge in [-0.2, -0.15) is 0 Å². The van der Waals surface area contributed by atoms with E-state index in [1.165, 1.54) is 44.8 Å². The van der Waals surface area contributed by atoms with Gasteiger partial charge in [-0.15, -0.1) is 0 Å². The lowest BCUT2D eigenvalue weighted by Gasteiger charge is -2.36. The largest absolute Gasteiger partial charge is 0.383 e. The van der Waals surface area contributed by atoms with Crippen LogP contribution in [-0.4, -0.2) is 32.5 Å². The van der Waals surface area contributed by atoms with Gasteiger partial charge in [0.25, 0.3) is 0 Å². The van der Waals surface area contributed by atoms with E-state index >= 15 is 8.78 Å². The van der Waals surface area contributed by atoms with E-state index in [0.29, 0.717) is 13.1 Å². The molecule has 0 atom stereocenters. The second-order valence-electron chi connectivity index (χ2n) is 17.7. The molecule has 6 aromatic carbocycles. The predicted molar refractivity (Wildman–Crippen MR) is 255 cm³/mol. The summed E-state index contributed by atoms with van der Waals surface area (Å²) in [6.07, 6.45) is -1.65. The highest BCUT2D eigenvalue weighted by Gasteiger charge is 2.42. The molecule has 2 N–H and O–H groups in total. The third-order valence-electron chi connectivity index (χ3n) is 12.0. The summed E-state index contributed by atoms with van der Waals surface area (Å²) in [5.41, 5.74) is 15.1. The lowest BCUT2D eigenvalue weighted by molar-refractivity contribution is 0.111. The number of nitrogens with zero attached hydrogens (tertiary/aromatic N) is 2. The monoisotopic (exact) mass is 966 g/mol. The van der Waals surface area contributed by atoms with Crippen molar-refractivity contribution in [2.75, 3.05) is 46.6 Å². The van der Waals surface area contributed by atoms with Crippen molar-refractivity contribution in [2.24, 2.45) is 0 Å². The van der Waals surface area contributed by atoms with E-state index in [1.54, 1.807) is 9.80 Å². The average molecular weight is 967 g/mol. The first-order valence-corrected chi connectivity index (χ1v) is 22.1. The van der Waals surface area contributed by atoms with Crippen molar-refractivity contribution in [3.05, 3.63) is 185 Å². The molecule has 0 amide bonds. The van der Waals surface area contributed by atoms with Crippen molar-refractivity contribution in [3.8, 4) is 0 Å². The number of carbonyl (C=O) groups excluding carboxylic acids is 1. The molecule has 0 aromatic heterocycles. The fourth-order valence-corrected chi connectivity index (χ4v) is 9.53. The fraction of sp³-hybridized carbons (Fsp3) is 0.315. The standard InChI is InChI=1S/C27H27F5N2.C20H28N2.C7HF5O/c1-13-9-15(3)25(16(4)10-13)33-7-8-34(26-17(5)11-14(2)12-18(26)6)27(33)19-20(28)22(30)24(32)23(31)21(19)29;1-13-9-15(3)19(16(4)10-13)21-7-8-22-20-17(5)11-14(2)12-18(20)6;8-3-2(1-13)4(9)6(11)7(12)5(3)10/h9-12,27H,7-8H2,1-6H3;9-12,21-22H,7-8H2,1-6H3;1H. The third kappa shape index (κ3) is 11.2. The zero-order valence-corrected chi connectivity index (χ0v) is 40.7. The van der Waals surface area contributed by atoms with E-state index in [0.717, 1.165) is 57.8 Å². The van der Waals surface area contributed by atoms with Gasteiger partial charge in [0, 0.05) is 48.9 Å². The van der Waals surface area contributed by atoms with Gasteiger partial charge < -0.3 is 20.4 Å². The first-order chi connectivity index (χ1) is 32.3. The molecule has 15 heteroatoms. The molecule has 0 radical (unpaired) electrons. The number of benzene rings is 6. The zero-order chi connectivity index (χ0) is 51.5. The summed E-state index contributed by atoms with van der Waals surface area (Å²) in [6, 6.07) is 16.7. The minimum Gasteiger partial charge on any atom is -0.383 e. The molecule has 7 rings (SSSR count). The minimum atomic E-state index is -2.28. The van der Waals surface area contributed by atoms with Crippen LogP contribution in [0.15, 0.2) is 48.5 Å². The van der Waals surface area contributed by atoms with Gasteiger partial charge >= 0.3 is 0 Å². The van der Waals surface area contributed by atoms with Crippen molar-refractivity contribution in [1.82, 2.24) is 0 Å². The second-order valence-corrected chi connectivity index (χ2v) is 17.7. The topological polar surface area (TPSA) is 47.6 Å². The van der Waals surface area contributed by atoms with Crippen LogP contribution in [0.5, 0.6) is 0 Å². The van der Waals surface area contributed by atoms with E-state index in [4.69, 9.17) is 0 Å². The summed E-state index contributed by atoms with van der Waals surface area (Å²) in [6.45, 7) is 26.9. The van der Waals surface area contributed by atoms with Crippen molar-refractivity contribution in [2.45, 2.75) is 89.3 Å². The van der Waals surface area contributed by atoms with Gasteiger partial charge in [0.05, 0.1) is 11.1 Å². The molecule has 6 aromatic rings. The van der Waals surface area contributed by atoms with Gasteiger partial charge in [-0.05, 0) is 128 Å².